The van der Waals surface area contributed by atoms with E-state index in [1.807, 2.05) is 37.5 Å². The lowest BCUT2D eigenvalue weighted by Gasteiger charge is -2.29. The van der Waals surface area contributed by atoms with Crippen LogP contribution in [-0.4, -0.2) is 99.8 Å². The third-order valence-electron chi connectivity index (χ3n) is 7.35. The fourth-order valence-electron chi connectivity index (χ4n) is 5.28. The number of carbonyl (C=O) groups excluding carboxylic acids is 1. The van der Waals surface area contributed by atoms with Gasteiger partial charge in [-0.15, -0.1) is 0 Å². The minimum Gasteiger partial charge on any atom is -0.494 e. The molecule has 13 heteroatoms. The highest BCUT2D eigenvalue weighted by Gasteiger charge is 2.25. The second kappa shape index (κ2) is 10.3. The molecule has 6 heterocycles. The number of anilines is 1. The maximum atomic E-state index is 13.5. The van der Waals surface area contributed by atoms with Gasteiger partial charge in [-0.1, -0.05) is 0 Å². The summed E-state index contributed by atoms with van der Waals surface area (Å²) in [6, 6.07) is 7.46. The van der Waals surface area contributed by atoms with Crippen LogP contribution in [0.5, 0.6) is 11.5 Å². The van der Waals surface area contributed by atoms with Crippen LogP contribution >= 0.6 is 0 Å². The number of amides is 1. The third-order valence-corrected chi connectivity index (χ3v) is 7.35. The van der Waals surface area contributed by atoms with Crippen molar-refractivity contribution in [1.82, 2.24) is 39.6 Å². The predicted molar refractivity (Wildman–Crippen MR) is 151 cm³/mol. The Bertz CT molecular complexity index is 1760. The molecule has 1 amide bonds. The van der Waals surface area contributed by atoms with Crippen LogP contribution in [0.1, 0.15) is 10.5 Å². The van der Waals surface area contributed by atoms with E-state index in [2.05, 4.69) is 25.6 Å². The summed E-state index contributed by atoms with van der Waals surface area (Å²) in [6.07, 6.45) is 6.85. The van der Waals surface area contributed by atoms with Crippen LogP contribution in [0.15, 0.2) is 49.1 Å². The molecule has 210 valence electrons. The molecule has 4 aromatic heterocycles. The molecule has 2 N–H and O–H groups in total. The summed E-state index contributed by atoms with van der Waals surface area (Å²) in [7, 11) is 3.65. The van der Waals surface area contributed by atoms with Crippen molar-refractivity contribution >= 4 is 28.1 Å². The zero-order valence-corrected chi connectivity index (χ0v) is 22.7. The average molecular weight is 556 g/mol. The number of pyridine rings is 1. The fourth-order valence-corrected chi connectivity index (χ4v) is 5.28. The number of morpholine rings is 1. The highest BCUT2D eigenvalue weighted by atomic mass is 16.5. The molecule has 1 atom stereocenters. The number of benzene rings is 1. The lowest BCUT2D eigenvalue weighted by Crippen LogP contribution is -2.46. The zero-order chi connectivity index (χ0) is 27.9. The van der Waals surface area contributed by atoms with Gasteiger partial charge in [0.25, 0.3) is 5.91 Å². The summed E-state index contributed by atoms with van der Waals surface area (Å²) >= 11 is 0. The molecule has 0 aliphatic carbocycles. The second-order valence-corrected chi connectivity index (χ2v) is 10.1. The Morgan fingerprint density at radius 3 is 3.02 bits per heavy atom. The number of likely N-dealkylation sites (N-methyl/N-ethyl adjacent to an activating group) is 1. The number of nitrogens with one attached hydrogen (secondary N) is 2. The largest absolute Gasteiger partial charge is 0.494 e. The van der Waals surface area contributed by atoms with Gasteiger partial charge in [-0.05, 0) is 19.2 Å². The smallest absolute Gasteiger partial charge is 0.272 e. The molecule has 0 bridgehead atoms. The summed E-state index contributed by atoms with van der Waals surface area (Å²) in [5, 5.41) is 16.1. The standard InChI is InChI=1S/C28H29N9O4/c1-35-7-9-40-17(16-35)13-32-28(38)26-19-14-31-20(18-15-33-36-6-3-4-30-27(18)36)10-22(19)37(34-26)23-12-24-21(11-25(23)39-2)29-5-8-41-24/h3-4,6,10-12,14-15,17,29H,5,7-9,13,16H2,1-2H3,(H,32,38)/t17-/m1/s1. The molecule has 1 aromatic carbocycles. The van der Waals surface area contributed by atoms with Crippen molar-refractivity contribution in [2.75, 3.05) is 58.9 Å². The van der Waals surface area contributed by atoms with Gasteiger partial charge in [-0.2, -0.15) is 10.2 Å². The number of aromatic nitrogens is 6. The van der Waals surface area contributed by atoms with Gasteiger partial charge in [0.2, 0.25) is 0 Å². The van der Waals surface area contributed by atoms with Crippen LogP contribution in [-0.2, 0) is 4.74 Å². The number of fused-ring (bicyclic) bond motifs is 3. The van der Waals surface area contributed by atoms with Gasteiger partial charge in [-0.3, -0.25) is 9.78 Å². The maximum absolute atomic E-state index is 13.5. The van der Waals surface area contributed by atoms with Crippen molar-refractivity contribution in [1.29, 1.82) is 0 Å². The van der Waals surface area contributed by atoms with E-state index in [9.17, 15) is 4.79 Å². The van der Waals surface area contributed by atoms with E-state index in [1.165, 1.54) is 0 Å². The van der Waals surface area contributed by atoms with Gasteiger partial charge >= 0.3 is 0 Å². The first-order chi connectivity index (χ1) is 20.1. The van der Waals surface area contributed by atoms with E-state index in [-0.39, 0.29) is 17.7 Å². The summed E-state index contributed by atoms with van der Waals surface area (Å²) < 4.78 is 20.9. The minimum absolute atomic E-state index is 0.0933. The minimum atomic E-state index is -0.312. The molecule has 5 aromatic rings. The number of nitrogens with zero attached hydrogens (tertiary/aromatic N) is 7. The quantitative estimate of drug-likeness (QED) is 0.321. The van der Waals surface area contributed by atoms with E-state index < -0.39 is 0 Å². The summed E-state index contributed by atoms with van der Waals surface area (Å²) in [4.78, 5) is 24.9. The molecule has 2 aliphatic heterocycles. The van der Waals surface area contributed by atoms with Crippen molar-refractivity contribution < 1.29 is 19.0 Å². The van der Waals surface area contributed by atoms with E-state index in [4.69, 9.17) is 24.3 Å². The first-order valence-electron chi connectivity index (χ1n) is 13.4. The molecule has 13 nitrogen and oxygen atoms in total. The number of carbonyl (C=O) groups is 1. The molecule has 0 unspecified atom stereocenters. The fraction of sp³-hybridized carbons (Fsp3) is 0.321. The van der Waals surface area contributed by atoms with Gasteiger partial charge < -0.3 is 29.7 Å². The molecule has 0 saturated carbocycles. The monoisotopic (exact) mass is 555 g/mol. The van der Waals surface area contributed by atoms with Crippen LogP contribution in [0, 0.1) is 0 Å². The van der Waals surface area contributed by atoms with E-state index >= 15 is 0 Å². The molecule has 1 fully saturated rings. The summed E-state index contributed by atoms with van der Waals surface area (Å²) in [5.74, 6) is 0.946. The van der Waals surface area contributed by atoms with Gasteiger partial charge in [0, 0.05) is 56.9 Å². The first-order valence-corrected chi connectivity index (χ1v) is 13.4. The normalized spacial score (nSPS) is 17.2. The topological polar surface area (TPSA) is 133 Å². The number of hydrogen-bond acceptors (Lipinski definition) is 10. The molecular weight excluding hydrogens is 526 g/mol. The highest BCUT2D eigenvalue weighted by molar-refractivity contribution is 6.05. The van der Waals surface area contributed by atoms with Crippen molar-refractivity contribution in [3.05, 3.63) is 54.7 Å². The zero-order valence-electron chi connectivity index (χ0n) is 22.7. The van der Waals surface area contributed by atoms with Gasteiger partial charge in [0.1, 0.15) is 23.8 Å². The van der Waals surface area contributed by atoms with E-state index in [0.717, 1.165) is 24.3 Å². The van der Waals surface area contributed by atoms with Crippen molar-refractivity contribution in [2.45, 2.75) is 6.10 Å². The summed E-state index contributed by atoms with van der Waals surface area (Å²) in [5.41, 5.74) is 4.47. The number of ether oxygens (including phenoxy) is 3. The molecule has 2 aliphatic rings. The Morgan fingerprint density at radius 2 is 2.15 bits per heavy atom. The third kappa shape index (κ3) is 4.58. The lowest BCUT2D eigenvalue weighted by molar-refractivity contribution is -0.0175. The Labute approximate surface area is 235 Å². The lowest BCUT2D eigenvalue weighted by atomic mass is 10.1. The SMILES string of the molecule is COc1cc2c(cc1-n1nc(C(=O)NC[C@@H]3CN(C)CCO3)c3cnc(-c4cnn5cccnc45)cc31)OCCN2. The van der Waals surface area contributed by atoms with Crippen molar-refractivity contribution in [2.24, 2.45) is 0 Å². The number of methoxy groups -OCH3 is 1. The maximum Gasteiger partial charge on any atom is 0.272 e. The summed E-state index contributed by atoms with van der Waals surface area (Å²) in [6.45, 7) is 3.87. The number of hydrogen-bond donors (Lipinski definition) is 2. The molecular formula is C28H29N9O4. The van der Waals surface area contributed by atoms with Gasteiger partial charge in [0.05, 0.1) is 53.9 Å². The Morgan fingerprint density at radius 1 is 1.22 bits per heavy atom. The molecule has 41 heavy (non-hydrogen) atoms. The Kier molecular flexibility index (Phi) is 6.36. The van der Waals surface area contributed by atoms with E-state index in [0.29, 0.717) is 65.7 Å². The molecule has 0 radical (unpaired) electrons. The highest BCUT2D eigenvalue weighted by Crippen LogP contribution is 2.38. The first kappa shape index (κ1) is 25.2. The Balaban J connectivity index is 1.34. The van der Waals surface area contributed by atoms with Crippen LogP contribution in [0.3, 0.4) is 0 Å². The second-order valence-electron chi connectivity index (χ2n) is 10.1. The van der Waals surface area contributed by atoms with Crippen molar-refractivity contribution in [3.63, 3.8) is 0 Å². The molecule has 7 rings (SSSR count). The van der Waals surface area contributed by atoms with Crippen LogP contribution in [0.2, 0.25) is 0 Å². The average Bonchev–Trinajstić information content (AvgIpc) is 3.61. The van der Waals surface area contributed by atoms with Crippen molar-refractivity contribution in [3.8, 4) is 28.4 Å². The van der Waals surface area contributed by atoms with Gasteiger partial charge in [0.15, 0.2) is 11.3 Å². The predicted octanol–water partition coefficient (Wildman–Crippen LogP) is 2.00. The Hall–Kier alpha value is -4.75. The number of rotatable bonds is 6. The van der Waals surface area contributed by atoms with Gasteiger partial charge in [-0.25, -0.2) is 14.2 Å². The van der Waals surface area contributed by atoms with Crippen LogP contribution < -0.4 is 20.1 Å². The van der Waals surface area contributed by atoms with E-state index in [1.54, 1.807) is 34.9 Å². The van der Waals surface area contributed by atoms with Crippen LogP contribution in [0.25, 0.3) is 33.5 Å². The molecule has 1 saturated heterocycles. The van der Waals surface area contributed by atoms with Crippen LogP contribution in [0.4, 0.5) is 5.69 Å². The molecule has 0 spiro atoms.